The Bertz CT molecular complexity index is 721. The van der Waals surface area contributed by atoms with Crippen LogP contribution >= 0.6 is 0 Å². The van der Waals surface area contributed by atoms with E-state index in [1.54, 1.807) is 0 Å². The van der Waals surface area contributed by atoms with Gasteiger partial charge in [-0.2, -0.15) is 26.3 Å². The summed E-state index contributed by atoms with van der Waals surface area (Å²) >= 11 is 0. The maximum atomic E-state index is 12.7. The lowest BCUT2D eigenvalue weighted by atomic mass is 9.93. The van der Waals surface area contributed by atoms with Gasteiger partial charge in [0.25, 0.3) is 0 Å². The van der Waals surface area contributed by atoms with E-state index in [-0.39, 0.29) is 22.3 Å². The first-order valence-corrected chi connectivity index (χ1v) is 6.81. The van der Waals surface area contributed by atoms with Gasteiger partial charge in [-0.3, -0.25) is 4.79 Å². The first kappa shape index (κ1) is 18.0. The molecule has 0 aliphatic rings. The summed E-state index contributed by atoms with van der Waals surface area (Å²) in [7, 11) is 0. The molecule has 2 aromatic rings. The fraction of sp³-hybridized carbons (Fsp3) is 0.235. The van der Waals surface area contributed by atoms with Crippen LogP contribution in [0.15, 0.2) is 36.4 Å². The first-order chi connectivity index (χ1) is 10.9. The molecule has 0 spiro atoms. The van der Waals surface area contributed by atoms with Crippen molar-refractivity contribution in [1.29, 1.82) is 0 Å². The van der Waals surface area contributed by atoms with Gasteiger partial charge in [0.05, 0.1) is 11.1 Å². The van der Waals surface area contributed by atoms with E-state index in [0.717, 1.165) is 36.4 Å². The molecule has 24 heavy (non-hydrogen) atoms. The first-order valence-electron chi connectivity index (χ1n) is 6.81. The summed E-state index contributed by atoms with van der Waals surface area (Å²) in [6.45, 7) is 2.70. The van der Waals surface area contributed by atoms with Crippen LogP contribution in [-0.2, 0) is 12.4 Å². The number of rotatable bonds is 2. The second-order valence-electron chi connectivity index (χ2n) is 5.38. The molecule has 0 aliphatic carbocycles. The Kier molecular flexibility index (Phi) is 4.48. The fourth-order valence-corrected chi connectivity index (χ4v) is 2.33. The van der Waals surface area contributed by atoms with Crippen molar-refractivity contribution >= 4 is 5.78 Å². The minimum Gasteiger partial charge on any atom is -0.289 e. The summed E-state index contributed by atoms with van der Waals surface area (Å²) in [6, 6.07) is 5.31. The van der Waals surface area contributed by atoms with Crippen LogP contribution in [0.2, 0.25) is 0 Å². The Hall–Kier alpha value is -2.31. The molecule has 2 rings (SSSR count). The van der Waals surface area contributed by atoms with E-state index in [4.69, 9.17) is 0 Å². The van der Waals surface area contributed by atoms with Crippen molar-refractivity contribution < 1.29 is 31.1 Å². The zero-order chi connectivity index (χ0) is 18.3. The molecule has 0 saturated carbocycles. The largest absolute Gasteiger partial charge is 0.416 e. The smallest absolute Gasteiger partial charge is 0.289 e. The van der Waals surface area contributed by atoms with Crippen molar-refractivity contribution in [2.24, 2.45) is 0 Å². The van der Waals surface area contributed by atoms with Crippen LogP contribution in [0.1, 0.15) is 38.2 Å². The number of benzene rings is 2. The monoisotopic (exact) mass is 346 g/mol. The van der Waals surface area contributed by atoms with Gasteiger partial charge >= 0.3 is 12.4 Å². The second-order valence-corrected chi connectivity index (χ2v) is 5.38. The van der Waals surface area contributed by atoms with E-state index in [2.05, 4.69) is 0 Å². The van der Waals surface area contributed by atoms with Crippen molar-refractivity contribution in [1.82, 2.24) is 0 Å². The van der Waals surface area contributed by atoms with Gasteiger partial charge < -0.3 is 0 Å². The quantitative estimate of drug-likeness (QED) is 0.513. The zero-order valence-electron chi connectivity index (χ0n) is 12.6. The second kappa shape index (κ2) is 5.96. The normalized spacial score (nSPS) is 12.3. The highest BCUT2D eigenvalue weighted by atomic mass is 19.4. The molecular formula is C17H12F6O. The number of carbonyl (C=O) groups excluding carboxylic acids is 1. The van der Waals surface area contributed by atoms with Gasteiger partial charge in [-0.05, 0) is 49.2 Å². The maximum absolute atomic E-state index is 12.7. The van der Waals surface area contributed by atoms with E-state index in [9.17, 15) is 31.1 Å². The molecule has 2 aromatic carbocycles. The molecule has 0 saturated heterocycles. The average molecular weight is 346 g/mol. The summed E-state index contributed by atoms with van der Waals surface area (Å²) in [5.41, 5.74) is -1.53. The highest BCUT2D eigenvalue weighted by Gasteiger charge is 2.32. The average Bonchev–Trinajstić information content (AvgIpc) is 2.44. The molecule has 7 heteroatoms. The van der Waals surface area contributed by atoms with Crippen LogP contribution in [0.4, 0.5) is 26.3 Å². The van der Waals surface area contributed by atoms with E-state index < -0.39 is 29.3 Å². The molecule has 0 bridgehead atoms. The van der Waals surface area contributed by atoms with Gasteiger partial charge in [-0.15, -0.1) is 0 Å². The molecule has 0 N–H and O–H groups in total. The number of aryl methyl sites for hydroxylation is 2. The Morgan fingerprint density at radius 3 is 1.29 bits per heavy atom. The van der Waals surface area contributed by atoms with Crippen LogP contribution in [0.25, 0.3) is 0 Å². The molecule has 0 fully saturated rings. The molecule has 0 amide bonds. The Morgan fingerprint density at radius 1 is 0.708 bits per heavy atom. The van der Waals surface area contributed by atoms with Crippen LogP contribution < -0.4 is 0 Å². The predicted octanol–water partition coefficient (Wildman–Crippen LogP) is 5.57. The molecule has 0 atom stereocenters. The molecular weight excluding hydrogens is 334 g/mol. The predicted molar refractivity (Wildman–Crippen MR) is 75.8 cm³/mol. The number of alkyl halides is 6. The van der Waals surface area contributed by atoms with E-state index >= 15 is 0 Å². The Morgan fingerprint density at radius 2 is 1.04 bits per heavy atom. The molecule has 1 nitrogen and oxygen atoms in total. The zero-order valence-corrected chi connectivity index (χ0v) is 12.6. The minimum atomic E-state index is -4.53. The van der Waals surface area contributed by atoms with Crippen molar-refractivity contribution in [3.63, 3.8) is 0 Å². The van der Waals surface area contributed by atoms with Gasteiger partial charge in [0.15, 0.2) is 5.78 Å². The summed E-state index contributed by atoms with van der Waals surface area (Å²) < 4.78 is 75.9. The Balaban J connectivity index is 2.43. The Labute approximate surface area is 133 Å². The van der Waals surface area contributed by atoms with Crippen LogP contribution in [0, 0.1) is 13.8 Å². The van der Waals surface area contributed by atoms with Gasteiger partial charge in [0.1, 0.15) is 0 Å². The number of hydrogen-bond donors (Lipinski definition) is 0. The van der Waals surface area contributed by atoms with Crippen LogP contribution in [0.5, 0.6) is 0 Å². The van der Waals surface area contributed by atoms with E-state index in [0.29, 0.717) is 0 Å². The van der Waals surface area contributed by atoms with Crippen LogP contribution in [-0.4, -0.2) is 5.78 Å². The fourth-order valence-electron chi connectivity index (χ4n) is 2.33. The van der Waals surface area contributed by atoms with E-state index in [1.807, 2.05) is 0 Å². The molecule has 0 aliphatic heterocycles. The topological polar surface area (TPSA) is 17.1 Å². The SMILES string of the molecule is Cc1cc(C(F)(F)F)ccc1C(=O)c1ccc(C(F)(F)F)cc1C. The third-order valence-electron chi connectivity index (χ3n) is 3.60. The number of halogens is 6. The van der Waals surface area contributed by atoms with Gasteiger partial charge in [0.2, 0.25) is 0 Å². The number of carbonyl (C=O) groups is 1. The van der Waals surface area contributed by atoms with Crippen molar-refractivity contribution in [3.8, 4) is 0 Å². The summed E-state index contributed by atoms with van der Waals surface area (Å²) in [5, 5.41) is 0. The number of hydrogen-bond acceptors (Lipinski definition) is 1. The molecule has 0 unspecified atom stereocenters. The molecule has 0 heterocycles. The van der Waals surface area contributed by atoms with Crippen molar-refractivity contribution in [2.75, 3.05) is 0 Å². The highest BCUT2D eigenvalue weighted by molar-refractivity contribution is 6.10. The third kappa shape index (κ3) is 3.60. The highest BCUT2D eigenvalue weighted by Crippen LogP contribution is 2.33. The summed E-state index contributed by atoms with van der Waals surface area (Å²) in [6.07, 6.45) is -9.06. The van der Waals surface area contributed by atoms with Gasteiger partial charge in [-0.25, -0.2) is 0 Å². The summed E-state index contributed by atoms with van der Waals surface area (Å²) in [5.74, 6) is -0.618. The van der Waals surface area contributed by atoms with Crippen molar-refractivity contribution in [3.05, 3.63) is 69.8 Å². The lowest BCUT2D eigenvalue weighted by molar-refractivity contribution is -0.138. The number of ketones is 1. The summed E-state index contributed by atoms with van der Waals surface area (Å²) in [4.78, 5) is 12.4. The van der Waals surface area contributed by atoms with Gasteiger partial charge in [0, 0.05) is 11.1 Å². The standard InChI is InChI=1S/C17H12F6O/c1-9-7-11(16(18,19)20)3-5-13(9)15(24)14-6-4-12(8-10(14)2)17(21,22)23/h3-8H,1-2H3. The molecule has 0 radical (unpaired) electrons. The lowest BCUT2D eigenvalue weighted by Crippen LogP contribution is -2.11. The lowest BCUT2D eigenvalue weighted by Gasteiger charge is -2.13. The van der Waals surface area contributed by atoms with Crippen molar-refractivity contribution in [2.45, 2.75) is 26.2 Å². The molecule has 128 valence electrons. The third-order valence-corrected chi connectivity index (χ3v) is 3.60. The van der Waals surface area contributed by atoms with Crippen LogP contribution in [0.3, 0.4) is 0 Å². The van der Waals surface area contributed by atoms with Gasteiger partial charge in [-0.1, -0.05) is 12.1 Å². The maximum Gasteiger partial charge on any atom is 0.416 e. The van der Waals surface area contributed by atoms with E-state index in [1.165, 1.54) is 13.8 Å². The minimum absolute atomic E-state index is 0.0193. The molecule has 0 aromatic heterocycles.